The fraction of sp³-hybridized carbons (Fsp3) is 0. The first-order chi connectivity index (χ1) is 20.8. The highest BCUT2D eigenvalue weighted by Crippen LogP contribution is 2.51. The Bertz CT molecular complexity index is 2300. The molecule has 8 aromatic rings. The van der Waals surface area contributed by atoms with Gasteiger partial charge in [0.1, 0.15) is 0 Å². The highest BCUT2D eigenvalue weighted by molar-refractivity contribution is 7.26. The van der Waals surface area contributed by atoms with Gasteiger partial charge in [-0.1, -0.05) is 97.1 Å². The van der Waals surface area contributed by atoms with Crippen molar-refractivity contribution in [3.8, 4) is 33.6 Å². The average molecular weight is 555 g/mol. The van der Waals surface area contributed by atoms with E-state index in [1.165, 1.54) is 26.6 Å². The smallest absolute Gasteiger partial charge is 0.235 e. The Kier molecular flexibility index (Phi) is 5.03. The van der Waals surface area contributed by atoms with Gasteiger partial charge in [-0.3, -0.25) is 9.88 Å². The van der Waals surface area contributed by atoms with Gasteiger partial charge in [-0.25, -0.2) is 9.97 Å². The fourth-order valence-corrected chi connectivity index (χ4v) is 7.33. The van der Waals surface area contributed by atoms with E-state index in [0.29, 0.717) is 5.95 Å². The zero-order valence-electron chi connectivity index (χ0n) is 22.4. The van der Waals surface area contributed by atoms with E-state index in [4.69, 9.17) is 9.97 Å². The molecule has 1 aliphatic rings. The van der Waals surface area contributed by atoms with Crippen molar-refractivity contribution < 1.29 is 0 Å². The van der Waals surface area contributed by atoms with Gasteiger partial charge < -0.3 is 0 Å². The number of hydrogen-bond donors (Lipinski definition) is 0. The van der Waals surface area contributed by atoms with Crippen LogP contribution in [-0.4, -0.2) is 15.0 Å². The van der Waals surface area contributed by atoms with E-state index in [2.05, 4.69) is 119 Å². The molecule has 3 aromatic heterocycles. The SMILES string of the molecule is c1ccc(-c2ccc(-c3nc(N4c5ccccc5-c5cccc6cccc4c56)nc4c3sc3ccccc34)cc2)nc1. The number of thiophene rings is 1. The van der Waals surface area contributed by atoms with Gasteiger partial charge >= 0.3 is 0 Å². The molecular weight excluding hydrogens is 533 g/mol. The van der Waals surface area contributed by atoms with Gasteiger partial charge in [0.2, 0.25) is 5.95 Å². The molecule has 42 heavy (non-hydrogen) atoms. The number of nitrogens with zero attached hydrogens (tertiary/aromatic N) is 4. The maximum absolute atomic E-state index is 5.36. The molecule has 0 radical (unpaired) electrons. The third kappa shape index (κ3) is 3.44. The molecule has 1 aliphatic heterocycles. The molecular formula is C37H22N4S. The van der Waals surface area contributed by atoms with Gasteiger partial charge in [-0.15, -0.1) is 11.3 Å². The number of aromatic nitrogens is 3. The highest BCUT2D eigenvalue weighted by atomic mass is 32.1. The Balaban J connectivity index is 1.32. The number of rotatable bonds is 3. The average Bonchev–Trinajstić information content (AvgIpc) is 3.44. The summed E-state index contributed by atoms with van der Waals surface area (Å²) in [6.45, 7) is 0. The van der Waals surface area contributed by atoms with Crippen LogP contribution in [0, 0.1) is 0 Å². The van der Waals surface area contributed by atoms with Crippen LogP contribution < -0.4 is 4.90 Å². The lowest BCUT2D eigenvalue weighted by molar-refractivity contribution is 1.12. The molecule has 196 valence electrons. The zero-order valence-corrected chi connectivity index (χ0v) is 23.2. The second-order valence-corrected chi connectivity index (χ2v) is 11.5. The molecule has 0 N–H and O–H groups in total. The normalized spacial score (nSPS) is 12.2. The van der Waals surface area contributed by atoms with Crippen LogP contribution in [0.5, 0.6) is 0 Å². The maximum Gasteiger partial charge on any atom is 0.235 e. The van der Waals surface area contributed by atoms with Crippen LogP contribution in [0.4, 0.5) is 17.3 Å². The molecule has 0 amide bonds. The summed E-state index contributed by atoms with van der Waals surface area (Å²) >= 11 is 1.75. The largest absolute Gasteiger partial charge is 0.278 e. The number of benzene rings is 5. The number of para-hydroxylation sites is 1. The molecule has 0 saturated carbocycles. The molecule has 4 nitrogen and oxygen atoms in total. The molecule has 0 atom stereocenters. The number of hydrogen-bond acceptors (Lipinski definition) is 5. The molecule has 5 heteroatoms. The van der Waals surface area contributed by atoms with Gasteiger partial charge in [0.25, 0.3) is 0 Å². The first-order valence-corrected chi connectivity index (χ1v) is 14.8. The molecule has 0 fully saturated rings. The van der Waals surface area contributed by atoms with Crippen molar-refractivity contribution in [3.63, 3.8) is 0 Å². The lowest BCUT2D eigenvalue weighted by atomic mass is 9.91. The van der Waals surface area contributed by atoms with E-state index in [9.17, 15) is 0 Å². The standard InChI is InChI=1S/C37H22N4S/c1-3-15-30-26(11-1)27-13-7-9-24-10-8-16-31(33(24)27)41(30)37-39-34(36-35(40-37)28-12-2-4-17-32(28)42-36)25-20-18-23(19-21-25)29-14-5-6-22-38-29/h1-22H. The molecule has 4 heterocycles. The van der Waals surface area contributed by atoms with Crippen molar-refractivity contribution in [3.05, 3.63) is 134 Å². The van der Waals surface area contributed by atoms with E-state index < -0.39 is 0 Å². The van der Waals surface area contributed by atoms with Crippen LogP contribution in [0.3, 0.4) is 0 Å². The molecule has 0 aliphatic carbocycles. The van der Waals surface area contributed by atoms with Crippen LogP contribution in [0.15, 0.2) is 134 Å². The van der Waals surface area contributed by atoms with Crippen LogP contribution in [0.25, 0.3) is 64.7 Å². The quantitative estimate of drug-likeness (QED) is 0.218. The summed E-state index contributed by atoms with van der Waals surface area (Å²) in [5, 5.41) is 3.58. The number of fused-ring (bicyclic) bond motifs is 5. The second kappa shape index (κ2) is 9.06. The van der Waals surface area contributed by atoms with E-state index in [1.54, 1.807) is 11.3 Å². The summed E-state index contributed by atoms with van der Waals surface area (Å²) in [4.78, 5) is 17.4. The van der Waals surface area contributed by atoms with Gasteiger partial charge in [0.05, 0.1) is 33.0 Å². The van der Waals surface area contributed by atoms with Gasteiger partial charge in [0, 0.05) is 38.4 Å². The summed E-state index contributed by atoms with van der Waals surface area (Å²) < 4.78 is 2.30. The summed E-state index contributed by atoms with van der Waals surface area (Å²) in [6.07, 6.45) is 1.83. The van der Waals surface area contributed by atoms with Gasteiger partial charge in [-0.05, 0) is 41.3 Å². The Labute approximate surface area is 246 Å². The zero-order chi connectivity index (χ0) is 27.6. The Hall–Kier alpha value is -5.39. The predicted molar refractivity (Wildman–Crippen MR) is 175 cm³/mol. The monoisotopic (exact) mass is 554 g/mol. The van der Waals surface area contributed by atoms with Crippen molar-refractivity contribution in [1.82, 2.24) is 15.0 Å². The van der Waals surface area contributed by atoms with E-state index in [1.807, 2.05) is 24.4 Å². The van der Waals surface area contributed by atoms with Crippen LogP contribution in [0.1, 0.15) is 0 Å². The highest BCUT2D eigenvalue weighted by Gasteiger charge is 2.28. The predicted octanol–water partition coefficient (Wildman–Crippen LogP) is 10.2. The van der Waals surface area contributed by atoms with Crippen molar-refractivity contribution in [2.75, 3.05) is 4.90 Å². The van der Waals surface area contributed by atoms with Gasteiger partial charge in [-0.2, -0.15) is 0 Å². The van der Waals surface area contributed by atoms with Crippen LogP contribution in [-0.2, 0) is 0 Å². The summed E-state index contributed by atoms with van der Waals surface area (Å²) in [6, 6.07) is 44.7. The minimum atomic E-state index is 0.671. The third-order valence-corrected chi connectivity index (χ3v) is 9.25. The maximum atomic E-state index is 5.36. The molecule has 0 saturated heterocycles. The van der Waals surface area contributed by atoms with Gasteiger partial charge in [0.15, 0.2) is 0 Å². The Morgan fingerprint density at radius 3 is 2.19 bits per heavy atom. The third-order valence-electron chi connectivity index (χ3n) is 8.09. The minimum Gasteiger partial charge on any atom is -0.278 e. The number of anilines is 3. The Morgan fingerprint density at radius 2 is 1.31 bits per heavy atom. The first-order valence-electron chi connectivity index (χ1n) is 14.0. The molecule has 0 bridgehead atoms. The second-order valence-electron chi connectivity index (χ2n) is 10.5. The number of pyridine rings is 1. The van der Waals surface area contributed by atoms with E-state index >= 15 is 0 Å². The van der Waals surface area contributed by atoms with E-state index in [0.717, 1.165) is 49.5 Å². The van der Waals surface area contributed by atoms with Crippen LogP contribution >= 0.6 is 11.3 Å². The lowest BCUT2D eigenvalue weighted by Crippen LogP contribution is -2.17. The molecule has 5 aromatic carbocycles. The first kappa shape index (κ1) is 23.3. The molecule has 0 unspecified atom stereocenters. The Morgan fingerprint density at radius 1 is 0.571 bits per heavy atom. The van der Waals surface area contributed by atoms with Crippen molar-refractivity contribution in [1.29, 1.82) is 0 Å². The lowest BCUT2D eigenvalue weighted by Gasteiger charge is -2.32. The minimum absolute atomic E-state index is 0.671. The summed E-state index contributed by atoms with van der Waals surface area (Å²) in [5.74, 6) is 0.671. The summed E-state index contributed by atoms with van der Waals surface area (Å²) in [5.41, 5.74) is 9.60. The molecule has 0 spiro atoms. The van der Waals surface area contributed by atoms with Crippen molar-refractivity contribution in [2.24, 2.45) is 0 Å². The van der Waals surface area contributed by atoms with E-state index in [-0.39, 0.29) is 0 Å². The summed E-state index contributed by atoms with van der Waals surface area (Å²) in [7, 11) is 0. The molecule has 9 rings (SSSR count). The van der Waals surface area contributed by atoms with Crippen molar-refractivity contribution in [2.45, 2.75) is 0 Å². The van der Waals surface area contributed by atoms with Crippen LogP contribution in [0.2, 0.25) is 0 Å². The van der Waals surface area contributed by atoms with Crippen molar-refractivity contribution >= 4 is 59.7 Å². The fourth-order valence-electron chi connectivity index (χ4n) is 6.18. The topological polar surface area (TPSA) is 41.9 Å².